The molecule has 0 bridgehead atoms. The van der Waals surface area contributed by atoms with E-state index < -0.39 is 0 Å². The number of carbonyl (C=O) groups is 1. The number of nitrogens with zero attached hydrogens (tertiary/aromatic N) is 1. The van der Waals surface area contributed by atoms with Crippen LogP contribution >= 0.6 is 0 Å². The SMILES string of the molecule is CNCCCC(=O)Nc1ccc2nc[nH]c2c1. The number of benzene rings is 1. The number of amides is 1. The fourth-order valence-electron chi connectivity index (χ4n) is 1.66. The van der Waals surface area contributed by atoms with Crippen LogP contribution in [-0.2, 0) is 4.79 Å². The van der Waals surface area contributed by atoms with Gasteiger partial charge < -0.3 is 15.6 Å². The van der Waals surface area contributed by atoms with Crippen LogP contribution in [0, 0.1) is 0 Å². The van der Waals surface area contributed by atoms with Crippen LogP contribution in [0.1, 0.15) is 12.8 Å². The van der Waals surface area contributed by atoms with Gasteiger partial charge in [-0.25, -0.2) is 4.98 Å². The minimum atomic E-state index is 0.0408. The van der Waals surface area contributed by atoms with E-state index >= 15 is 0 Å². The highest BCUT2D eigenvalue weighted by Gasteiger charge is 2.03. The maximum Gasteiger partial charge on any atom is 0.224 e. The van der Waals surface area contributed by atoms with Gasteiger partial charge in [0, 0.05) is 12.1 Å². The van der Waals surface area contributed by atoms with E-state index in [2.05, 4.69) is 20.6 Å². The summed E-state index contributed by atoms with van der Waals surface area (Å²) in [6.07, 6.45) is 3.01. The first kappa shape index (κ1) is 11.6. The van der Waals surface area contributed by atoms with Gasteiger partial charge in [0.2, 0.25) is 5.91 Å². The van der Waals surface area contributed by atoms with E-state index in [1.54, 1.807) is 6.33 Å². The molecule has 2 rings (SSSR count). The average molecular weight is 232 g/mol. The number of imidazole rings is 1. The molecule has 1 aromatic carbocycles. The van der Waals surface area contributed by atoms with Gasteiger partial charge >= 0.3 is 0 Å². The van der Waals surface area contributed by atoms with Gasteiger partial charge in [-0.3, -0.25) is 4.79 Å². The number of H-pyrrole nitrogens is 1. The predicted molar refractivity (Wildman–Crippen MR) is 67.9 cm³/mol. The fraction of sp³-hybridized carbons (Fsp3) is 0.333. The Balaban J connectivity index is 1.95. The lowest BCUT2D eigenvalue weighted by atomic mass is 10.2. The lowest BCUT2D eigenvalue weighted by molar-refractivity contribution is -0.116. The lowest BCUT2D eigenvalue weighted by Crippen LogP contribution is -2.15. The predicted octanol–water partition coefficient (Wildman–Crippen LogP) is 1.50. The zero-order chi connectivity index (χ0) is 12.1. The van der Waals surface area contributed by atoms with Crippen molar-refractivity contribution < 1.29 is 4.79 Å². The van der Waals surface area contributed by atoms with E-state index in [1.165, 1.54) is 0 Å². The molecular weight excluding hydrogens is 216 g/mol. The first-order valence-corrected chi connectivity index (χ1v) is 5.67. The van der Waals surface area contributed by atoms with Gasteiger partial charge in [-0.05, 0) is 38.2 Å². The second-order valence-corrected chi connectivity index (χ2v) is 3.89. The Morgan fingerprint density at radius 1 is 1.47 bits per heavy atom. The number of fused-ring (bicyclic) bond motifs is 1. The number of nitrogens with one attached hydrogen (secondary N) is 3. The molecule has 1 aromatic heterocycles. The van der Waals surface area contributed by atoms with E-state index in [1.807, 2.05) is 25.2 Å². The quantitative estimate of drug-likeness (QED) is 0.684. The zero-order valence-electron chi connectivity index (χ0n) is 9.79. The van der Waals surface area contributed by atoms with Crippen molar-refractivity contribution in [2.45, 2.75) is 12.8 Å². The van der Waals surface area contributed by atoms with Crippen LogP contribution in [0.4, 0.5) is 5.69 Å². The van der Waals surface area contributed by atoms with Crippen LogP contribution in [0.3, 0.4) is 0 Å². The van der Waals surface area contributed by atoms with E-state index in [4.69, 9.17) is 0 Å². The number of aromatic nitrogens is 2. The molecule has 3 N–H and O–H groups in total. The maximum absolute atomic E-state index is 11.6. The molecule has 5 nitrogen and oxygen atoms in total. The molecule has 0 saturated carbocycles. The highest BCUT2D eigenvalue weighted by Crippen LogP contribution is 2.15. The van der Waals surface area contributed by atoms with Crippen molar-refractivity contribution in [3.05, 3.63) is 24.5 Å². The van der Waals surface area contributed by atoms with E-state index in [0.717, 1.165) is 29.7 Å². The van der Waals surface area contributed by atoms with Crippen molar-refractivity contribution >= 4 is 22.6 Å². The van der Waals surface area contributed by atoms with Gasteiger partial charge in [-0.2, -0.15) is 0 Å². The van der Waals surface area contributed by atoms with E-state index in [0.29, 0.717) is 6.42 Å². The third-order valence-corrected chi connectivity index (χ3v) is 2.53. The highest BCUT2D eigenvalue weighted by atomic mass is 16.1. The van der Waals surface area contributed by atoms with Gasteiger partial charge in [-0.1, -0.05) is 0 Å². The van der Waals surface area contributed by atoms with Crippen LogP contribution < -0.4 is 10.6 Å². The van der Waals surface area contributed by atoms with Crippen molar-refractivity contribution in [2.24, 2.45) is 0 Å². The lowest BCUT2D eigenvalue weighted by Gasteiger charge is -2.04. The topological polar surface area (TPSA) is 69.8 Å². The van der Waals surface area contributed by atoms with Crippen LogP contribution in [0.5, 0.6) is 0 Å². The summed E-state index contributed by atoms with van der Waals surface area (Å²) in [5, 5.41) is 5.88. The summed E-state index contributed by atoms with van der Waals surface area (Å²) < 4.78 is 0. The minimum Gasteiger partial charge on any atom is -0.345 e. The van der Waals surface area contributed by atoms with Crippen molar-refractivity contribution in [1.29, 1.82) is 0 Å². The molecular formula is C12H16N4O. The number of aromatic amines is 1. The number of anilines is 1. The molecule has 17 heavy (non-hydrogen) atoms. The molecule has 2 aromatic rings. The van der Waals surface area contributed by atoms with Crippen LogP contribution in [0.25, 0.3) is 11.0 Å². The Morgan fingerprint density at radius 3 is 3.18 bits per heavy atom. The Hall–Kier alpha value is -1.88. The average Bonchev–Trinajstić information content (AvgIpc) is 2.76. The molecule has 90 valence electrons. The summed E-state index contributed by atoms with van der Waals surface area (Å²) in [7, 11) is 1.88. The van der Waals surface area contributed by atoms with Crippen molar-refractivity contribution in [3.8, 4) is 0 Å². The summed E-state index contributed by atoms with van der Waals surface area (Å²) in [5.41, 5.74) is 2.63. The molecule has 0 aliphatic heterocycles. The second kappa shape index (κ2) is 5.45. The van der Waals surface area contributed by atoms with E-state index in [-0.39, 0.29) is 5.91 Å². The molecule has 0 saturated heterocycles. The Kier molecular flexibility index (Phi) is 3.72. The largest absolute Gasteiger partial charge is 0.345 e. The van der Waals surface area contributed by atoms with Crippen LogP contribution in [-0.4, -0.2) is 29.5 Å². The monoisotopic (exact) mass is 232 g/mol. The molecule has 1 heterocycles. The summed E-state index contributed by atoms with van der Waals surface area (Å²) in [5.74, 6) is 0.0408. The number of carbonyl (C=O) groups excluding carboxylic acids is 1. The van der Waals surface area contributed by atoms with Crippen molar-refractivity contribution in [2.75, 3.05) is 18.9 Å². The number of hydrogen-bond donors (Lipinski definition) is 3. The molecule has 0 spiro atoms. The van der Waals surface area contributed by atoms with E-state index in [9.17, 15) is 4.79 Å². The van der Waals surface area contributed by atoms with Crippen molar-refractivity contribution in [3.63, 3.8) is 0 Å². The summed E-state index contributed by atoms with van der Waals surface area (Å²) in [6, 6.07) is 5.63. The molecule has 1 amide bonds. The number of rotatable bonds is 5. The standard InChI is InChI=1S/C12H16N4O/c1-13-6-2-3-12(17)16-9-4-5-10-11(7-9)15-8-14-10/h4-5,7-8,13H,2-3,6H2,1H3,(H,14,15)(H,16,17). The second-order valence-electron chi connectivity index (χ2n) is 3.89. The summed E-state index contributed by atoms with van der Waals surface area (Å²) in [6.45, 7) is 0.854. The van der Waals surface area contributed by atoms with Gasteiger partial charge in [-0.15, -0.1) is 0 Å². The number of hydrogen-bond acceptors (Lipinski definition) is 3. The third-order valence-electron chi connectivity index (χ3n) is 2.53. The van der Waals surface area contributed by atoms with Gasteiger partial charge in [0.05, 0.1) is 17.4 Å². The Bertz CT molecular complexity index is 506. The Labute approximate surface area is 99.6 Å². The normalized spacial score (nSPS) is 10.6. The zero-order valence-corrected chi connectivity index (χ0v) is 9.79. The van der Waals surface area contributed by atoms with Gasteiger partial charge in [0.25, 0.3) is 0 Å². The summed E-state index contributed by atoms with van der Waals surface area (Å²) in [4.78, 5) is 18.7. The minimum absolute atomic E-state index is 0.0408. The van der Waals surface area contributed by atoms with Crippen LogP contribution in [0.2, 0.25) is 0 Å². The molecule has 0 radical (unpaired) electrons. The highest BCUT2D eigenvalue weighted by molar-refractivity contribution is 5.92. The van der Waals surface area contributed by atoms with Crippen LogP contribution in [0.15, 0.2) is 24.5 Å². The maximum atomic E-state index is 11.6. The Morgan fingerprint density at radius 2 is 2.35 bits per heavy atom. The molecule has 0 aliphatic rings. The first-order valence-electron chi connectivity index (χ1n) is 5.67. The van der Waals surface area contributed by atoms with Gasteiger partial charge in [0.1, 0.15) is 0 Å². The molecule has 0 unspecified atom stereocenters. The molecule has 0 atom stereocenters. The fourth-order valence-corrected chi connectivity index (χ4v) is 1.66. The smallest absolute Gasteiger partial charge is 0.224 e. The third kappa shape index (κ3) is 3.04. The molecule has 5 heteroatoms. The summed E-state index contributed by atoms with van der Waals surface area (Å²) >= 11 is 0. The first-order chi connectivity index (χ1) is 8.29. The van der Waals surface area contributed by atoms with Gasteiger partial charge in [0.15, 0.2) is 0 Å². The molecule has 0 fully saturated rings. The van der Waals surface area contributed by atoms with Crippen molar-refractivity contribution in [1.82, 2.24) is 15.3 Å². The molecule has 0 aliphatic carbocycles.